The van der Waals surface area contributed by atoms with Crippen LogP contribution in [0.3, 0.4) is 0 Å². The van der Waals surface area contributed by atoms with E-state index >= 15 is 0 Å². The highest BCUT2D eigenvalue weighted by Gasteiger charge is 2.26. The molecule has 0 radical (unpaired) electrons. The molecular formula is C21H23IN2O3. The topological polar surface area (TPSA) is 74.3 Å². The van der Waals surface area contributed by atoms with Crippen LogP contribution >= 0.6 is 22.6 Å². The Morgan fingerprint density at radius 1 is 1.30 bits per heavy atom. The average Bonchev–Trinajstić information content (AvgIpc) is 3.02. The number of aliphatic hydroxyl groups is 1. The number of halogens is 1. The van der Waals surface area contributed by atoms with E-state index < -0.39 is 5.72 Å². The van der Waals surface area contributed by atoms with E-state index in [0.717, 1.165) is 26.5 Å². The molecule has 0 aliphatic heterocycles. The van der Waals surface area contributed by atoms with E-state index in [1.165, 1.54) is 0 Å². The summed E-state index contributed by atoms with van der Waals surface area (Å²) in [5.74, 6) is 0.169. The number of hydrogen-bond donors (Lipinski definition) is 3. The first-order valence-electron chi connectivity index (χ1n) is 8.92. The minimum Gasteiger partial charge on any atom is -0.493 e. The van der Waals surface area contributed by atoms with Crippen molar-refractivity contribution in [3.8, 4) is 5.75 Å². The van der Waals surface area contributed by atoms with Gasteiger partial charge in [0, 0.05) is 27.1 Å². The van der Waals surface area contributed by atoms with E-state index in [1.54, 1.807) is 19.1 Å². The summed E-state index contributed by atoms with van der Waals surface area (Å²) in [5.41, 5.74) is 0.976. The number of carbonyl (C=O) groups excluding carboxylic acids is 1. The Labute approximate surface area is 172 Å². The van der Waals surface area contributed by atoms with Gasteiger partial charge in [0.2, 0.25) is 0 Å². The highest BCUT2D eigenvalue weighted by molar-refractivity contribution is 14.1. The molecule has 3 N–H and O–H groups in total. The third-order valence-corrected chi connectivity index (χ3v) is 4.91. The van der Waals surface area contributed by atoms with Crippen LogP contribution < -0.4 is 10.1 Å². The van der Waals surface area contributed by atoms with Gasteiger partial charge in [0.15, 0.2) is 0 Å². The van der Waals surface area contributed by atoms with Gasteiger partial charge in [-0.25, -0.2) is 0 Å². The molecule has 5 nitrogen and oxygen atoms in total. The summed E-state index contributed by atoms with van der Waals surface area (Å²) in [7, 11) is 0. The van der Waals surface area contributed by atoms with Crippen LogP contribution in [0.15, 0.2) is 48.7 Å². The molecule has 2 aromatic carbocycles. The Morgan fingerprint density at radius 2 is 2.07 bits per heavy atom. The molecule has 3 rings (SSSR count). The molecule has 0 aliphatic rings. The molecule has 0 bridgehead atoms. The summed E-state index contributed by atoms with van der Waals surface area (Å²) >= 11 is 2.16. The first-order chi connectivity index (χ1) is 12.9. The number of nitrogens with one attached hydrogen (secondary N) is 2. The predicted molar refractivity (Wildman–Crippen MR) is 115 cm³/mol. The average molecular weight is 478 g/mol. The number of para-hydroxylation sites is 1. The fourth-order valence-corrected chi connectivity index (χ4v) is 3.51. The second kappa shape index (κ2) is 8.31. The maximum atomic E-state index is 12.8. The third kappa shape index (κ3) is 4.81. The van der Waals surface area contributed by atoms with E-state index in [-0.39, 0.29) is 12.3 Å². The Morgan fingerprint density at radius 3 is 2.85 bits per heavy atom. The predicted octanol–water partition coefficient (Wildman–Crippen LogP) is 4.24. The molecular weight excluding hydrogens is 455 g/mol. The van der Waals surface area contributed by atoms with E-state index in [1.807, 2.05) is 43.5 Å². The van der Waals surface area contributed by atoms with Gasteiger partial charge in [0.05, 0.1) is 12.2 Å². The number of rotatable bonds is 7. The van der Waals surface area contributed by atoms with Crippen molar-refractivity contribution < 1.29 is 14.6 Å². The van der Waals surface area contributed by atoms with Crippen LogP contribution in [0.2, 0.25) is 0 Å². The Bertz CT molecular complexity index is 950. The lowest BCUT2D eigenvalue weighted by molar-refractivity contribution is 0.0234. The standard InChI is InChI=1S/C21H23IN2O3/c1-3-10-27-19-9-8-15(22)11-17(19)20(25)24-21(2,26)12-14-13-23-18-7-5-4-6-16(14)18/h4-9,11,13,23,26H,3,10,12H2,1-2H3,(H,24,25)/t21-/m1/s1. The van der Waals surface area contributed by atoms with Crippen LogP contribution in [-0.4, -0.2) is 28.3 Å². The second-order valence-corrected chi connectivity index (χ2v) is 8.00. The van der Waals surface area contributed by atoms with Crippen LogP contribution in [0.25, 0.3) is 10.9 Å². The van der Waals surface area contributed by atoms with Crippen LogP contribution in [-0.2, 0) is 6.42 Å². The van der Waals surface area contributed by atoms with Gasteiger partial charge in [0.25, 0.3) is 5.91 Å². The molecule has 1 amide bonds. The number of benzene rings is 2. The van der Waals surface area contributed by atoms with Crippen molar-refractivity contribution >= 4 is 39.4 Å². The van der Waals surface area contributed by atoms with Gasteiger partial charge < -0.3 is 20.1 Å². The first kappa shape index (κ1) is 19.7. The molecule has 0 saturated carbocycles. The number of fused-ring (bicyclic) bond motifs is 1. The minimum atomic E-state index is -1.40. The Balaban J connectivity index is 1.79. The van der Waals surface area contributed by atoms with Crippen LogP contribution in [0.1, 0.15) is 36.2 Å². The van der Waals surface area contributed by atoms with Crippen molar-refractivity contribution in [3.63, 3.8) is 0 Å². The molecule has 6 heteroatoms. The van der Waals surface area contributed by atoms with Gasteiger partial charge in [-0.3, -0.25) is 4.79 Å². The molecule has 0 unspecified atom stereocenters. The lowest BCUT2D eigenvalue weighted by Gasteiger charge is -2.25. The molecule has 3 aromatic rings. The summed E-state index contributed by atoms with van der Waals surface area (Å²) in [6.45, 7) is 4.15. The number of hydrogen-bond acceptors (Lipinski definition) is 3. The number of aromatic amines is 1. The van der Waals surface area contributed by atoms with E-state index in [0.29, 0.717) is 17.9 Å². The second-order valence-electron chi connectivity index (χ2n) is 6.75. The molecule has 1 atom stereocenters. The largest absolute Gasteiger partial charge is 0.493 e. The van der Waals surface area contributed by atoms with Gasteiger partial charge >= 0.3 is 0 Å². The number of amides is 1. The molecule has 0 aliphatic carbocycles. The SMILES string of the molecule is CCCOc1ccc(I)cc1C(=O)N[C@](C)(O)Cc1c[nH]c2ccccc12. The van der Waals surface area contributed by atoms with Crippen LogP contribution in [0, 0.1) is 3.57 Å². The smallest absolute Gasteiger partial charge is 0.257 e. The lowest BCUT2D eigenvalue weighted by atomic mass is 10.0. The van der Waals surface area contributed by atoms with Crippen molar-refractivity contribution in [2.24, 2.45) is 0 Å². The summed E-state index contributed by atoms with van der Waals surface area (Å²) in [6, 6.07) is 13.3. The third-order valence-electron chi connectivity index (χ3n) is 4.24. The van der Waals surface area contributed by atoms with Gasteiger partial charge in [-0.1, -0.05) is 25.1 Å². The zero-order chi connectivity index (χ0) is 19.4. The van der Waals surface area contributed by atoms with Gasteiger partial charge in [-0.2, -0.15) is 0 Å². The number of aromatic nitrogens is 1. The maximum Gasteiger partial charge on any atom is 0.257 e. The summed E-state index contributed by atoms with van der Waals surface area (Å²) < 4.78 is 6.62. The fraction of sp³-hybridized carbons (Fsp3) is 0.286. The summed E-state index contributed by atoms with van der Waals surface area (Å²) in [5, 5.41) is 14.6. The Kier molecular flexibility index (Phi) is 6.06. The number of H-pyrrole nitrogens is 1. The monoisotopic (exact) mass is 478 g/mol. The number of carbonyl (C=O) groups is 1. The molecule has 1 heterocycles. The first-order valence-corrected chi connectivity index (χ1v) is 10.00. The van der Waals surface area contributed by atoms with E-state index in [9.17, 15) is 9.90 Å². The van der Waals surface area contributed by atoms with E-state index in [2.05, 4.69) is 32.9 Å². The van der Waals surface area contributed by atoms with Crippen LogP contribution in [0.4, 0.5) is 0 Å². The fourth-order valence-electron chi connectivity index (χ4n) is 3.02. The van der Waals surface area contributed by atoms with Gasteiger partial charge in [-0.05, 0) is 65.8 Å². The molecule has 142 valence electrons. The highest BCUT2D eigenvalue weighted by atomic mass is 127. The molecule has 27 heavy (non-hydrogen) atoms. The van der Waals surface area contributed by atoms with E-state index in [4.69, 9.17) is 4.74 Å². The molecule has 0 spiro atoms. The zero-order valence-corrected chi connectivity index (χ0v) is 17.5. The summed E-state index contributed by atoms with van der Waals surface area (Å²) in [6.07, 6.45) is 3.01. The maximum absolute atomic E-state index is 12.8. The van der Waals surface area contributed by atoms with Crippen molar-refractivity contribution in [1.29, 1.82) is 0 Å². The van der Waals surface area contributed by atoms with Crippen molar-refractivity contribution in [2.75, 3.05) is 6.61 Å². The molecule has 0 fully saturated rings. The minimum absolute atomic E-state index is 0.290. The quantitative estimate of drug-likeness (QED) is 0.351. The van der Waals surface area contributed by atoms with Gasteiger partial charge in [0.1, 0.15) is 11.5 Å². The van der Waals surface area contributed by atoms with Gasteiger partial charge in [-0.15, -0.1) is 0 Å². The summed E-state index contributed by atoms with van der Waals surface area (Å²) in [4.78, 5) is 16.0. The molecule has 1 aromatic heterocycles. The van der Waals surface area contributed by atoms with Crippen molar-refractivity contribution in [3.05, 3.63) is 63.4 Å². The van der Waals surface area contributed by atoms with Crippen LogP contribution in [0.5, 0.6) is 5.75 Å². The Hall–Kier alpha value is -2.06. The van der Waals surface area contributed by atoms with Crippen molar-refractivity contribution in [1.82, 2.24) is 10.3 Å². The number of ether oxygens (including phenoxy) is 1. The van der Waals surface area contributed by atoms with Crippen molar-refractivity contribution in [2.45, 2.75) is 32.4 Å². The highest BCUT2D eigenvalue weighted by Crippen LogP contribution is 2.24. The zero-order valence-electron chi connectivity index (χ0n) is 15.4. The molecule has 0 saturated heterocycles. The normalized spacial score (nSPS) is 13.3. The lowest BCUT2D eigenvalue weighted by Crippen LogP contribution is -2.47.